The maximum Gasteiger partial charge on any atom is 0.573 e. The number of nitrogens with two attached hydrogens (primary N) is 1. The predicted octanol–water partition coefficient (Wildman–Crippen LogP) is 3.14. The third-order valence-corrected chi connectivity index (χ3v) is 2.73. The molecule has 0 aliphatic heterocycles. The van der Waals surface area contributed by atoms with Gasteiger partial charge in [-0.1, -0.05) is 12.1 Å². The van der Waals surface area contributed by atoms with E-state index in [2.05, 4.69) is 16.6 Å². The van der Waals surface area contributed by atoms with Crippen molar-refractivity contribution >= 4 is 11.7 Å². The minimum atomic E-state index is -4.89. The summed E-state index contributed by atoms with van der Waals surface area (Å²) in [5.41, 5.74) is 5.37. The summed E-state index contributed by atoms with van der Waals surface area (Å²) >= 11 is 0. The van der Waals surface area contributed by atoms with E-state index in [1.54, 1.807) is 6.92 Å². The highest BCUT2D eigenvalue weighted by molar-refractivity contribution is 5.79. The molecular weight excluding hydrogens is 287 g/mol. The van der Waals surface area contributed by atoms with Crippen molar-refractivity contribution in [3.05, 3.63) is 23.8 Å². The average Bonchev–Trinajstić information content (AvgIpc) is 2.36. The third kappa shape index (κ3) is 4.91. The second-order valence-electron chi connectivity index (χ2n) is 4.16. The monoisotopic (exact) mass is 301 g/mol. The summed E-state index contributed by atoms with van der Waals surface area (Å²) in [7, 11) is 0. The Kier molecular flexibility index (Phi) is 5.47. The lowest BCUT2D eigenvalue weighted by molar-refractivity contribution is -0.274. The van der Waals surface area contributed by atoms with Crippen molar-refractivity contribution < 1.29 is 27.8 Å². The number of halogens is 3. The van der Waals surface area contributed by atoms with Crippen LogP contribution in [0.15, 0.2) is 18.2 Å². The van der Waals surface area contributed by atoms with Gasteiger partial charge in [-0.2, -0.15) is 0 Å². The molecule has 0 aliphatic rings. The van der Waals surface area contributed by atoms with Gasteiger partial charge in [-0.25, -0.2) is 0 Å². The van der Waals surface area contributed by atoms with Crippen molar-refractivity contribution in [2.24, 2.45) is 0 Å². The van der Waals surface area contributed by atoms with Gasteiger partial charge in [0.25, 0.3) is 0 Å². The van der Waals surface area contributed by atoms with Crippen molar-refractivity contribution in [1.82, 2.24) is 0 Å². The molecule has 0 saturated heterocycles. The number of carboxylic acid groups (broad SMARTS) is 1. The van der Waals surface area contributed by atoms with Crippen LogP contribution in [0.1, 0.15) is 31.2 Å². The molecule has 0 aliphatic carbocycles. The predicted molar refractivity (Wildman–Crippen MR) is 70.6 cm³/mol. The zero-order chi connectivity index (χ0) is 16.0. The third-order valence-electron chi connectivity index (χ3n) is 2.73. The summed E-state index contributed by atoms with van der Waals surface area (Å²) in [6.45, 7) is 1.61. The quantitative estimate of drug-likeness (QED) is 0.647. The molecule has 7 heteroatoms. The topological polar surface area (TPSA) is 72.5 Å². The van der Waals surface area contributed by atoms with Gasteiger partial charge in [0, 0.05) is 6.42 Å². The number of benzene rings is 1. The van der Waals surface area contributed by atoms with Gasteiger partial charge < -0.3 is 15.6 Å². The standard InChI is InChI=1S/C14H14F3NO3/c1-2-3-4-6-10(13(19)20)9-7-5-8-11(12(9)18)21-14(15,16)17/h5,7-8,10H,4,6,18H2,1H3,(H,19,20). The van der Waals surface area contributed by atoms with Crippen LogP contribution in [0.5, 0.6) is 5.75 Å². The number of anilines is 1. The van der Waals surface area contributed by atoms with Gasteiger partial charge >= 0.3 is 12.3 Å². The van der Waals surface area contributed by atoms with E-state index < -0.39 is 24.0 Å². The molecule has 1 unspecified atom stereocenters. The summed E-state index contributed by atoms with van der Waals surface area (Å²) in [6.07, 6.45) is -4.44. The van der Waals surface area contributed by atoms with E-state index in [9.17, 15) is 23.1 Å². The Morgan fingerprint density at radius 2 is 2.14 bits per heavy atom. The fraction of sp³-hybridized carbons (Fsp3) is 0.357. The van der Waals surface area contributed by atoms with Gasteiger partial charge in [0.1, 0.15) is 0 Å². The summed E-state index contributed by atoms with van der Waals surface area (Å²) in [5, 5.41) is 9.21. The van der Waals surface area contributed by atoms with Gasteiger partial charge in [0.2, 0.25) is 0 Å². The van der Waals surface area contributed by atoms with E-state index in [4.69, 9.17) is 5.73 Å². The molecule has 4 nitrogen and oxygen atoms in total. The maximum atomic E-state index is 12.2. The van der Waals surface area contributed by atoms with Crippen LogP contribution >= 0.6 is 0 Å². The summed E-state index contributed by atoms with van der Waals surface area (Å²) in [5.74, 6) is 2.51. The van der Waals surface area contributed by atoms with Gasteiger partial charge in [-0.05, 0) is 25.0 Å². The molecule has 0 bridgehead atoms. The Morgan fingerprint density at radius 1 is 1.48 bits per heavy atom. The van der Waals surface area contributed by atoms with Crippen LogP contribution in [0, 0.1) is 11.8 Å². The number of ether oxygens (including phenoxy) is 1. The van der Waals surface area contributed by atoms with Gasteiger partial charge in [0.05, 0.1) is 11.6 Å². The van der Waals surface area contributed by atoms with Crippen molar-refractivity contribution in [2.75, 3.05) is 5.73 Å². The summed E-state index contributed by atoms with van der Waals surface area (Å²) in [6, 6.07) is 3.68. The summed E-state index contributed by atoms with van der Waals surface area (Å²) < 4.78 is 40.5. The highest BCUT2D eigenvalue weighted by Crippen LogP contribution is 2.35. The van der Waals surface area contributed by atoms with Gasteiger partial charge in [-0.15, -0.1) is 25.0 Å². The van der Waals surface area contributed by atoms with E-state index >= 15 is 0 Å². The molecule has 1 aromatic carbocycles. The molecule has 0 fully saturated rings. The Hall–Kier alpha value is -2.36. The molecule has 0 saturated carbocycles. The fourth-order valence-corrected chi connectivity index (χ4v) is 1.83. The van der Waals surface area contributed by atoms with Crippen LogP contribution in [0.3, 0.4) is 0 Å². The van der Waals surface area contributed by atoms with E-state index in [1.165, 1.54) is 12.1 Å². The molecule has 0 aromatic heterocycles. The van der Waals surface area contributed by atoms with Crippen LogP contribution < -0.4 is 10.5 Å². The Bertz CT molecular complexity index is 573. The molecule has 0 heterocycles. The highest BCUT2D eigenvalue weighted by atomic mass is 19.4. The first-order chi connectivity index (χ1) is 9.76. The molecule has 0 radical (unpaired) electrons. The van der Waals surface area contributed by atoms with Crippen LogP contribution in [-0.2, 0) is 4.79 Å². The number of hydrogen-bond donors (Lipinski definition) is 2. The van der Waals surface area contributed by atoms with Gasteiger partial charge in [-0.3, -0.25) is 4.79 Å². The maximum absolute atomic E-state index is 12.2. The second kappa shape index (κ2) is 6.88. The number of carboxylic acids is 1. The first-order valence-corrected chi connectivity index (χ1v) is 6.02. The number of aliphatic carboxylic acids is 1. The largest absolute Gasteiger partial charge is 0.573 e. The average molecular weight is 301 g/mol. The number of alkyl halides is 3. The normalized spacial score (nSPS) is 12.2. The molecule has 1 atom stereocenters. The van der Waals surface area contributed by atoms with E-state index in [-0.39, 0.29) is 17.7 Å². The lowest BCUT2D eigenvalue weighted by Gasteiger charge is -2.17. The molecule has 0 amide bonds. The van der Waals surface area contributed by atoms with E-state index in [0.29, 0.717) is 6.42 Å². The minimum absolute atomic E-state index is 0.0853. The zero-order valence-electron chi connectivity index (χ0n) is 11.2. The van der Waals surface area contributed by atoms with Crippen molar-refractivity contribution in [3.63, 3.8) is 0 Å². The molecular formula is C14H14F3NO3. The zero-order valence-corrected chi connectivity index (χ0v) is 11.2. The molecule has 1 rings (SSSR count). The molecule has 21 heavy (non-hydrogen) atoms. The van der Waals surface area contributed by atoms with Crippen molar-refractivity contribution in [2.45, 2.75) is 32.0 Å². The lowest BCUT2D eigenvalue weighted by Crippen LogP contribution is -2.19. The molecule has 114 valence electrons. The Morgan fingerprint density at radius 3 is 2.67 bits per heavy atom. The van der Waals surface area contributed by atoms with Crippen LogP contribution in [0.25, 0.3) is 0 Å². The van der Waals surface area contributed by atoms with Crippen LogP contribution in [0.4, 0.5) is 18.9 Å². The lowest BCUT2D eigenvalue weighted by atomic mass is 9.92. The van der Waals surface area contributed by atoms with Crippen LogP contribution in [-0.4, -0.2) is 17.4 Å². The van der Waals surface area contributed by atoms with Crippen molar-refractivity contribution in [3.8, 4) is 17.6 Å². The molecule has 0 spiro atoms. The van der Waals surface area contributed by atoms with Gasteiger partial charge in [0.15, 0.2) is 5.75 Å². The number of hydrogen-bond acceptors (Lipinski definition) is 3. The van der Waals surface area contributed by atoms with E-state index in [1.807, 2.05) is 0 Å². The van der Waals surface area contributed by atoms with Crippen molar-refractivity contribution in [1.29, 1.82) is 0 Å². The first kappa shape index (κ1) is 16.7. The Balaban J connectivity index is 3.10. The first-order valence-electron chi connectivity index (χ1n) is 6.02. The van der Waals surface area contributed by atoms with E-state index in [0.717, 1.165) is 6.07 Å². The number of nitrogen functional groups attached to an aromatic ring is 1. The number of para-hydroxylation sites is 1. The Labute approximate surface area is 119 Å². The number of carbonyl (C=O) groups is 1. The molecule has 1 aromatic rings. The summed E-state index contributed by atoms with van der Waals surface area (Å²) in [4.78, 5) is 11.3. The van der Waals surface area contributed by atoms with Crippen LogP contribution in [0.2, 0.25) is 0 Å². The number of rotatable bonds is 5. The smallest absolute Gasteiger partial charge is 0.481 e. The highest BCUT2D eigenvalue weighted by Gasteiger charge is 2.33. The fourth-order valence-electron chi connectivity index (χ4n) is 1.83. The minimum Gasteiger partial charge on any atom is -0.481 e. The second-order valence-corrected chi connectivity index (χ2v) is 4.16. The SMILES string of the molecule is CC#CCCC(C(=O)O)c1cccc(OC(F)(F)F)c1N. The molecule has 3 N–H and O–H groups in total.